The molecule has 0 spiro atoms. The molecular weight excluding hydrogens is 296 g/mol. The van der Waals surface area contributed by atoms with Crippen molar-refractivity contribution in [2.45, 2.75) is 17.7 Å². The van der Waals surface area contributed by atoms with E-state index in [2.05, 4.69) is 4.72 Å². The lowest BCUT2D eigenvalue weighted by Crippen LogP contribution is -2.22. The van der Waals surface area contributed by atoms with Crippen LogP contribution in [0.15, 0.2) is 34.5 Å². The molecule has 2 aromatic rings. The van der Waals surface area contributed by atoms with Crippen LogP contribution in [0.4, 0.5) is 5.69 Å². The molecule has 0 radical (unpaired) electrons. The normalized spacial score (nSPS) is 11.5. The summed E-state index contributed by atoms with van der Waals surface area (Å²) in [7, 11) is -1.97. The Morgan fingerprint density at radius 1 is 1.30 bits per heavy atom. The van der Waals surface area contributed by atoms with Gasteiger partial charge in [-0.2, -0.15) is 0 Å². The van der Waals surface area contributed by atoms with Gasteiger partial charge in [0.05, 0.1) is 7.11 Å². The topological polar surface area (TPSA) is 81.4 Å². The fourth-order valence-corrected chi connectivity index (χ4v) is 4.07. The van der Waals surface area contributed by atoms with Crippen LogP contribution in [0.1, 0.15) is 10.4 Å². The standard InChI is InChI=1S/C13H16N2O3S2/c1-9-3-6-13(19-9)20(16,17)15-8-10-7-11(14)4-5-12(10)18-2/h3-7,15H,8,14H2,1-2H3. The van der Waals surface area contributed by atoms with E-state index in [-0.39, 0.29) is 6.54 Å². The molecule has 1 aromatic carbocycles. The van der Waals surface area contributed by atoms with Crippen molar-refractivity contribution in [1.29, 1.82) is 0 Å². The molecule has 1 heterocycles. The molecular formula is C13H16N2O3S2. The monoisotopic (exact) mass is 312 g/mol. The number of nitrogens with one attached hydrogen (secondary N) is 1. The van der Waals surface area contributed by atoms with E-state index in [0.29, 0.717) is 21.2 Å². The highest BCUT2D eigenvalue weighted by Crippen LogP contribution is 2.23. The lowest BCUT2D eigenvalue weighted by molar-refractivity contribution is 0.409. The lowest BCUT2D eigenvalue weighted by Gasteiger charge is -2.10. The molecule has 7 heteroatoms. The Labute approximate surface area is 122 Å². The van der Waals surface area contributed by atoms with Gasteiger partial charge in [0, 0.05) is 22.7 Å². The number of benzene rings is 1. The number of hydrogen-bond donors (Lipinski definition) is 2. The van der Waals surface area contributed by atoms with Gasteiger partial charge < -0.3 is 10.5 Å². The van der Waals surface area contributed by atoms with Crippen LogP contribution in [0.5, 0.6) is 5.75 Å². The van der Waals surface area contributed by atoms with Gasteiger partial charge in [0.1, 0.15) is 9.96 Å². The number of ether oxygens (including phenoxy) is 1. The van der Waals surface area contributed by atoms with Gasteiger partial charge in [-0.15, -0.1) is 11.3 Å². The van der Waals surface area contributed by atoms with Crippen molar-refractivity contribution >= 4 is 27.0 Å². The highest BCUT2D eigenvalue weighted by molar-refractivity contribution is 7.91. The number of thiophene rings is 1. The Morgan fingerprint density at radius 3 is 2.65 bits per heavy atom. The molecule has 0 atom stereocenters. The minimum Gasteiger partial charge on any atom is -0.496 e. The van der Waals surface area contributed by atoms with E-state index in [9.17, 15) is 8.42 Å². The third kappa shape index (κ3) is 3.30. The second kappa shape index (κ2) is 5.82. The number of sulfonamides is 1. The molecule has 0 fully saturated rings. The maximum Gasteiger partial charge on any atom is 0.250 e. The van der Waals surface area contributed by atoms with Crippen LogP contribution >= 0.6 is 11.3 Å². The van der Waals surface area contributed by atoms with Gasteiger partial charge in [0.2, 0.25) is 10.0 Å². The molecule has 1 aromatic heterocycles. The molecule has 0 aliphatic carbocycles. The van der Waals surface area contributed by atoms with Crippen LogP contribution in [0.3, 0.4) is 0 Å². The maximum atomic E-state index is 12.1. The SMILES string of the molecule is COc1ccc(N)cc1CNS(=O)(=O)c1ccc(C)s1. The Hall–Kier alpha value is -1.57. The summed E-state index contributed by atoms with van der Waals surface area (Å²) in [5, 5.41) is 0. The van der Waals surface area contributed by atoms with E-state index in [1.54, 1.807) is 30.3 Å². The van der Waals surface area contributed by atoms with Crippen LogP contribution in [0, 0.1) is 6.92 Å². The van der Waals surface area contributed by atoms with Gasteiger partial charge in [-0.05, 0) is 37.3 Å². The Morgan fingerprint density at radius 2 is 2.05 bits per heavy atom. The van der Waals surface area contributed by atoms with Crippen molar-refractivity contribution in [3.8, 4) is 5.75 Å². The third-order valence-electron chi connectivity index (χ3n) is 2.74. The van der Waals surface area contributed by atoms with E-state index in [1.165, 1.54) is 18.4 Å². The molecule has 3 N–H and O–H groups in total. The van der Waals surface area contributed by atoms with Crippen LogP contribution in [-0.2, 0) is 16.6 Å². The van der Waals surface area contributed by atoms with E-state index in [1.807, 2.05) is 6.92 Å². The zero-order valence-electron chi connectivity index (χ0n) is 11.2. The average molecular weight is 312 g/mol. The van der Waals surface area contributed by atoms with E-state index >= 15 is 0 Å². The van der Waals surface area contributed by atoms with Crippen molar-refractivity contribution in [3.05, 3.63) is 40.8 Å². The molecule has 0 saturated carbocycles. The van der Waals surface area contributed by atoms with Gasteiger partial charge >= 0.3 is 0 Å². The molecule has 5 nitrogen and oxygen atoms in total. The fraction of sp³-hybridized carbons (Fsp3) is 0.231. The molecule has 0 aliphatic rings. The van der Waals surface area contributed by atoms with Gasteiger partial charge in [-0.3, -0.25) is 0 Å². The number of methoxy groups -OCH3 is 1. The quantitative estimate of drug-likeness (QED) is 0.829. The number of aryl methyl sites for hydroxylation is 1. The van der Waals surface area contributed by atoms with Crippen molar-refractivity contribution in [3.63, 3.8) is 0 Å². The summed E-state index contributed by atoms with van der Waals surface area (Å²) in [5.41, 5.74) is 6.97. The first kappa shape index (κ1) is 14.8. The summed E-state index contributed by atoms with van der Waals surface area (Å²) in [6.07, 6.45) is 0. The fourth-order valence-electron chi connectivity index (χ4n) is 1.74. The van der Waals surface area contributed by atoms with Crippen molar-refractivity contribution in [2.75, 3.05) is 12.8 Å². The Kier molecular flexibility index (Phi) is 4.32. The zero-order chi connectivity index (χ0) is 14.8. The third-order valence-corrected chi connectivity index (χ3v) is 5.63. The Bertz CT molecular complexity index is 708. The predicted octanol–water partition coefficient (Wildman–Crippen LogP) is 2.13. The summed E-state index contributed by atoms with van der Waals surface area (Å²) in [5.74, 6) is 0.601. The maximum absolute atomic E-state index is 12.1. The van der Waals surface area contributed by atoms with Gasteiger partial charge in [0.15, 0.2) is 0 Å². The van der Waals surface area contributed by atoms with Gasteiger partial charge in [0.25, 0.3) is 0 Å². The minimum atomic E-state index is -3.50. The van der Waals surface area contributed by atoms with Crippen molar-refractivity contribution < 1.29 is 13.2 Å². The van der Waals surface area contributed by atoms with E-state index in [0.717, 1.165) is 4.88 Å². The second-order valence-electron chi connectivity index (χ2n) is 4.26. The molecule has 0 amide bonds. The summed E-state index contributed by atoms with van der Waals surface area (Å²) in [6.45, 7) is 2.00. The first-order valence-electron chi connectivity index (χ1n) is 5.91. The van der Waals surface area contributed by atoms with Crippen LogP contribution in [0.25, 0.3) is 0 Å². The van der Waals surface area contributed by atoms with Crippen LogP contribution in [0.2, 0.25) is 0 Å². The highest BCUT2D eigenvalue weighted by atomic mass is 32.2. The van der Waals surface area contributed by atoms with Crippen LogP contribution < -0.4 is 15.2 Å². The summed E-state index contributed by atoms with van der Waals surface area (Å²) >= 11 is 1.24. The first-order valence-corrected chi connectivity index (χ1v) is 8.21. The number of hydrogen-bond acceptors (Lipinski definition) is 5. The highest BCUT2D eigenvalue weighted by Gasteiger charge is 2.16. The molecule has 0 aliphatic heterocycles. The summed E-state index contributed by atoms with van der Waals surface area (Å²) < 4.78 is 32.3. The van der Waals surface area contributed by atoms with E-state index in [4.69, 9.17) is 10.5 Å². The number of nitrogens with two attached hydrogens (primary N) is 1. The molecule has 0 bridgehead atoms. The van der Waals surface area contributed by atoms with Crippen molar-refractivity contribution in [2.24, 2.45) is 0 Å². The zero-order valence-corrected chi connectivity index (χ0v) is 12.8. The summed E-state index contributed by atoms with van der Waals surface area (Å²) in [6, 6.07) is 8.49. The average Bonchev–Trinajstić information content (AvgIpc) is 2.84. The predicted molar refractivity (Wildman–Crippen MR) is 80.5 cm³/mol. The Balaban J connectivity index is 2.18. The number of anilines is 1. The lowest BCUT2D eigenvalue weighted by atomic mass is 10.2. The number of rotatable bonds is 5. The smallest absolute Gasteiger partial charge is 0.250 e. The molecule has 0 saturated heterocycles. The summed E-state index contributed by atoms with van der Waals surface area (Å²) in [4.78, 5) is 0.951. The van der Waals surface area contributed by atoms with Crippen LogP contribution in [-0.4, -0.2) is 15.5 Å². The van der Waals surface area contributed by atoms with E-state index < -0.39 is 10.0 Å². The first-order chi connectivity index (χ1) is 9.42. The minimum absolute atomic E-state index is 0.132. The van der Waals surface area contributed by atoms with Gasteiger partial charge in [-0.25, -0.2) is 13.1 Å². The molecule has 20 heavy (non-hydrogen) atoms. The van der Waals surface area contributed by atoms with Crippen molar-refractivity contribution in [1.82, 2.24) is 4.72 Å². The second-order valence-corrected chi connectivity index (χ2v) is 7.54. The largest absolute Gasteiger partial charge is 0.496 e. The molecule has 0 unspecified atom stereocenters. The number of nitrogen functional groups attached to an aromatic ring is 1. The molecule has 2 rings (SSSR count). The molecule has 108 valence electrons. The van der Waals surface area contributed by atoms with Gasteiger partial charge in [-0.1, -0.05) is 0 Å².